The molecule has 0 bridgehead atoms. The molecule has 0 saturated carbocycles. The number of anilines is 1. The fraction of sp³-hybridized carbons (Fsp3) is 0.261. The first-order valence-corrected chi connectivity index (χ1v) is 10.4. The number of benzene rings is 1. The highest BCUT2D eigenvalue weighted by Gasteiger charge is 2.22. The predicted octanol–water partition coefficient (Wildman–Crippen LogP) is 3.03. The van der Waals surface area contributed by atoms with E-state index in [0.717, 1.165) is 42.7 Å². The first-order chi connectivity index (χ1) is 15.5. The highest BCUT2D eigenvalue weighted by molar-refractivity contribution is 5.85. The fourth-order valence-electron chi connectivity index (χ4n) is 4.01. The second-order valence-electron chi connectivity index (χ2n) is 7.96. The third-order valence-corrected chi connectivity index (χ3v) is 5.84. The van der Waals surface area contributed by atoms with Gasteiger partial charge in [0, 0.05) is 55.3 Å². The Labute approximate surface area is 184 Å². The van der Waals surface area contributed by atoms with E-state index in [0.29, 0.717) is 17.2 Å². The molecule has 1 aromatic carbocycles. The van der Waals surface area contributed by atoms with Gasteiger partial charge >= 0.3 is 0 Å². The summed E-state index contributed by atoms with van der Waals surface area (Å²) in [5, 5.41) is 9.32. The van der Waals surface area contributed by atoms with Crippen LogP contribution in [-0.2, 0) is 7.05 Å². The van der Waals surface area contributed by atoms with Crippen molar-refractivity contribution in [3.05, 3.63) is 54.4 Å². The summed E-state index contributed by atoms with van der Waals surface area (Å²) in [4.78, 5) is 20.3. The van der Waals surface area contributed by atoms with Gasteiger partial charge in [-0.2, -0.15) is 5.26 Å². The number of rotatable bonds is 3. The molecule has 1 fully saturated rings. The smallest absolute Gasteiger partial charge is 0.225 e. The monoisotopic (exact) mass is 428 g/mol. The van der Waals surface area contributed by atoms with Crippen LogP contribution >= 0.6 is 0 Å². The van der Waals surface area contributed by atoms with Gasteiger partial charge in [-0.3, -0.25) is 0 Å². The van der Waals surface area contributed by atoms with Crippen molar-refractivity contribution in [2.75, 3.05) is 18.0 Å². The summed E-state index contributed by atoms with van der Waals surface area (Å²) in [6.07, 6.45) is 6.78. The zero-order valence-corrected chi connectivity index (χ0v) is 17.5. The van der Waals surface area contributed by atoms with Crippen LogP contribution in [0.1, 0.15) is 18.4 Å². The van der Waals surface area contributed by atoms with Gasteiger partial charge in [0.05, 0.1) is 17.6 Å². The fourth-order valence-corrected chi connectivity index (χ4v) is 4.01. The Morgan fingerprint density at radius 3 is 2.72 bits per heavy atom. The highest BCUT2D eigenvalue weighted by Crippen LogP contribution is 2.34. The van der Waals surface area contributed by atoms with E-state index in [1.165, 1.54) is 6.07 Å². The van der Waals surface area contributed by atoms with Gasteiger partial charge in [0.25, 0.3) is 0 Å². The second kappa shape index (κ2) is 7.98. The largest absolute Gasteiger partial charge is 0.341 e. The van der Waals surface area contributed by atoms with Gasteiger partial charge in [0.15, 0.2) is 5.65 Å². The number of piperidine rings is 1. The Bertz CT molecular complexity index is 1350. The molecule has 9 heteroatoms. The van der Waals surface area contributed by atoms with E-state index in [4.69, 9.17) is 10.7 Å². The van der Waals surface area contributed by atoms with E-state index in [1.54, 1.807) is 30.9 Å². The van der Waals surface area contributed by atoms with Crippen LogP contribution in [0.2, 0.25) is 0 Å². The molecule has 8 nitrogen and oxygen atoms in total. The molecule has 3 aromatic heterocycles. The molecule has 32 heavy (non-hydrogen) atoms. The van der Waals surface area contributed by atoms with Crippen molar-refractivity contribution in [1.82, 2.24) is 24.5 Å². The van der Waals surface area contributed by atoms with E-state index >= 15 is 4.39 Å². The highest BCUT2D eigenvalue weighted by atomic mass is 19.1. The number of nitrogens with two attached hydrogens (primary N) is 1. The summed E-state index contributed by atoms with van der Waals surface area (Å²) in [7, 11) is 1.87. The maximum atomic E-state index is 15.2. The molecule has 2 N–H and O–H groups in total. The van der Waals surface area contributed by atoms with Gasteiger partial charge in [-0.25, -0.2) is 24.3 Å². The van der Waals surface area contributed by atoms with E-state index in [9.17, 15) is 5.26 Å². The molecular weight excluding hydrogens is 407 g/mol. The normalized spacial score (nSPS) is 14.6. The van der Waals surface area contributed by atoms with Crippen molar-refractivity contribution in [2.45, 2.75) is 18.9 Å². The third-order valence-electron chi connectivity index (χ3n) is 5.84. The number of fused-ring (bicyclic) bond motifs is 1. The zero-order chi connectivity index (χ0) is 22.2. The Morgan fingerprint density at radius 2 is 1.94 bits per heavy atom. The molecule has 1 aliphatic heterocycles. The van der Waals surface area contributed by atoms with E-state index in [1.807, 2.05) is 23.8 Å². The van der Waals surface area contributed by atoms with Gasteiger partial charge in [0.1, 0.15) is 17.4 Å². The van der Waals surface area contributed by atoms with Crippen LogP contribution in [0.4, 0.5) is 10.3 Å². The summed E-state index contributed by atoms with van der Waals surface area (Å²) < 4.78 is 17.0. The van der Waals surface area contributed by atoms with Crippen LogP contribution in [0.15, 0.2) is 43.0 Å². The maximum absolute atomic E-state index is 15.2. The van der Waals surface area contributed by atoms with Crippen molar-refractivity contribution in [3.63, 3.8) is 0 Å². The van der Waals surface area contributed by atoms with Crippen molar-refractivity contribution < 1.29 is 4.39 Å². The molecule has 5 rings (SSSR count). The topological polar surface area (TPSA) is 110 Å². The number of imidazole rings is 1. The number of aromatic nitrogens is 5. The average Bonchev–Trinajstić information content (AvgIpc) is 3.19. The van der Waals surface area contributed by atoms with Crippen LogP contribution in [0, 0.1) is 17.1 Å². The molecular formula is C23H21FN8. The minimum absolute atomic E-state index is 0.0316. The summed E-state index contributed by atoms with van der Waals surface area (Å²) >= 11 is 0. The minimum atomic E-state index is -0.603. The lowest BCUT2D eigenvalue weighted by molar-refractivity contribution is 0.495. The van der Waals surface area contributed by atoms with Crippen LogP contribution in [0.25, 0.3) is 33.5 Å². The third kappa shape index (κ3) is 3.44. The summed E-state index contributed by atoms with van der Waals surface area (Å²) in [6.45, 7) is 1.48. The van der Waals surface area contributed by atoms with Gasteiger partial charge in [0.2, 0.25) is 5.95 Å². The van der Waals surface area contributed by atoms with Crippen LogP contribution in [0.3, 0.4) is 0 Å². The molecule has 4 heterocycles. The van der Waals surface area contributed by atoms with E-state index in [-0.39, 0.29) is 17.2 Å². The molecule has 0 spiro atoms. The van der Waals surface area contributed by atoms with E-state index in [2.05, 4.69) is 19.9 Å². The molecule has 4 aromatic rings. The van der Waals surface area contributed by atoms with Crippen LogP contribution in [-0.4, -0.2) is 43.6 Å². The van der Waals surface area contributed by atoms with Crippen molar-refractivity contribution >= 4 is 17.1 Å². The number of hydrogen-bond donors (Lipinski definition) is 1. The SMILES string of the molecule is Cn1cnc2cc(-c3cnc(N4CCC(N)CC4)nc3-c3cccc(C#N)c3F)cnc21. The molecule has 1 saturated heterocycles. The average molecular weight is 428 g/mol. The first-order valence-electron chi connectivity index (χ1n) is 10.4. The second-order valence-corrected chi connectivity index (χ2v) is 7.96. The van der Waals surface area contributed by atoms with Crippen molar-refractivity contribution in [2.24, 2.45) is 12.8 Å². The van der Waals surface area contributed by atoms with Gasteiger partial charge in [-0.1, -0.05) is 6.07 Å². The lowest BCUT2D eigenvalue weighted by atomic mass is 9.99. The van der Waals surface area contributed by atoms with Crippen molar-refractivity contribution in [1.29, 1.82) is 5.26 Å². The Morgan fingerprint density at radius 1 is 1.12 bits per heavy atom. The minimum Gasteiger partial charge on any atom is -0.341 e. The summed E-state index contributed by atoms with van der Waals surface area (Å²) in [5.41, 5.74) is 9.47. The number of pyridine rings is 1. The standard InChI is InChI=1S/C23H21FN8/c1-31-13-29-19-9-15(11-27-22(19)31)18-12-28-23(32-7-5-16(26)6-8-32)30-21(18)17-4-2-3-14(10-25)20(17)24/h2-4,9,11-13,16H,5-8,26H2,1H3. The lowest BCUT2D eigenvalue weighted by Crippen LogP contribution is -2.40. The predicted molar refractivity (Wildman–Crippen MR) is 119 cm³/mol. The van der Waals surface area contributed by atoms with Gasteiger partial charge < -0.3 is 15.2 Å². The molecule has 0 aliphatic carbocycles. The number of nitriles is 1. The molecule has 0 unspecified atom stereocenters. The van der Waals surface area contributed by atoms with Gasteiger partial charge in [-0.05, 0) is 31.0 Å². The Kier molecular flexibility index (Phi) is 4.99. The van der Waals surface area contributed by atoms with Gasteiger partial charge in [-0.15, -0.1) is 0 Å². The summed E-state index contributed by atoms with van der Waals surface area (Å²) in [5.74, 6) is -0.0854. The number of hydrogen-bond acceptors (Lipinski definition) is 7. The number of halogens is 1. The van der Waals surface area contributed by atoms with Crippen LogP contribution in [0.5, 0.6) is 0 Å². The number of nitrogens with zero attached hydrogens (tertiary/aromatic N) is 7. The zero-order valence-electron chi connectivity index (χ0n) is 17.5. The quantitative estimate of drug-likeness (QED) is 0.534. The Hall–Kier alpha value is -3.90. The Balaban J connectivity index is 1.68. The maximum Gasteiger partial charge on any atom is 0.225 e. The molecule has 1 aliphatic rings. The summed E-state index contributed by atoms with van der Waals surface area (Å²) in [6, 6.07) is 8.70. The molecule has 0 atom stereocenters. The van der Waals surface area contributed by atoms with E-state index < -0.39 is 5.82 Å². The van der Waals surface area contributed by atoms with Crippen LogP contribution < -0.4 is 10.6 Å². The number of aryl methyl sites for hydroxylation is 1. The first kappa shape index (κ1) is 20.0. The molecule has 0 radical (unpaired) electrons. The molecule has 0 amide bonds. The lowest BCUT2D eigenvalue weighted by Gasteiger charge is -2.30. The van der Waals surface area contributed by atoms with Crippen molar-refractivity contribution in [3.8, 4) is 28.5 Å². The molecule has 160 valence electrons.